The predicted molar refractivity (Wildman–Crippen MR) is 61.6 cm³/mol. The molecule has 4 nitrogen and oxygen atoms in total. The number of aliphatic hydroxyl groups excluding tert-OH is 1. The van der Waals surface area contributed by atoms with Crippen molar-refractivity contribution >= 4 is 5.91 Å². The van der Waals surface area contributed by atoms with E-state index in [1.54, 1.807) is 6.92 Å². The molecule has 0 aliphatic rings. The number of hydrogen-bond acceptors (Lipinski definition) is 3. The molecule has 0 unspecified atom stereocenters. The molecule has 1 aromatic carbocycles. The quantitative estimate of drug-likeness (QED) is 0.870. The van der Waals surface area contributed by atoms with E-state index in [4.69, 9.17) is 9.84 Å². The lowest BCUT2D eigenvalue weighted by atomic mass is 10.1. The van der Waals surface area contributed by atoms with Crippen molar-refractivity contribution in [3.8, 4) is 5.75 Å². The molecule has 0 radical (unpaired) electrons. The highest BCUT2D eigenvalue weighted by Gasteiger charge is 2.23. The number of carbonyl (C=O) groups is 1. The highest BCUT2D eigenvalue weighted by Crippen LogP contribution is 2.24. The topological polar surface area (TPSA) is 49.8 Å². The summed E-state index contributed by atoms with van der Waals surface area (Å²) in [6.07, 6.45) is 0. The lowest BCUT2D eigenvalue weighted by molar-refractivity contribution is 0.0756. The number of nitrogens with zero attached hydrogens (tertiary/aromatic N) is 1. The summed E-state index contributed by atoms with van der Waals surface area (Å²) < 4.78 is 32.4. The summed E-state index contributed by atoms with van der Waals surface area (Å²) in [4.78, 5) is 12.9. The minimum absolute atomic E-state index is 0.00340. The van der Waals surface area contributed by atoms with E-state index in [0.717, 1.165) is 17.0 Å². The average molecular weight is 259 g/mol. The fourth-order valence-corrected chi connectivity index (χ4v) is 1.44. The molecule has 0 fully saturated rings. The van der Waals surface area contributed by atoms with Gasteiger partial charge in [-0.05, 0) is 19.1 Å². The minimum atomic E-state index is -1.02. The molecule has 0 saturated heterocycles. The van der Waals surface area contributed by atoms with Crippen molar-refractivity contribution in [2.75, 3.05) is 26.8 Å². The van der Waals surface area contributed by atoms with E-state index >= 15 is 0 Å². The summed E-state index contributed by atoms with van der Waals surface area (Å²) in [6.45, 7) is 1.58. The Labute approximate surface area is 104 Å². The van der Waals surface area contributed by atoms with Gasteiger partial charge in [0.1, 0.15) is 11.4 Å². The second-order valence-electron chi connectivity index (χ2n) is 3.62. The summed E-state index contributed by atoms with van der Waals surface area (Å²) in [5.74, 6) is -2.97. The van der Waals surface area contributed by atoms with Gasteiger partial charge in [-0.3, -0.25) is 4.79 Å². The van der Waals surface area contributed by atoms with Crippen LogP contribution in [0.4, 0.5) is 8.78 Å². The van der Waals surface area contributed by atoms with Gasteiger partial charge >= 0.3 is 0 Å². The van der Waals surface area contributed by atoms with Crippen LogP contribution in [0, 0.1) is 11.6 Å². The van der Waals surface area contributed by atoms with E-state index < -0.39 is 23.1 Å². The molecule has 0 atom stereocenters. The Balaban J connectivity index is 3.14. The van der Waals surface area contributed by atoms with Crippen molar-refractivity contribution in [1.82, 2.24) is 4.90 Å². The highest BCUT2D eigenvalue weighted by molar-refractivity contribution is 5.95. The fraction of sp³-hybridized carbons (Fsp3) is 0.417. The number of likely N-dealkylation sites (N-methyl/N-ethyl adjacent to an activating group) is 1. The Morgan fingerprint density at radius 3 is 2.67 bits per heavy atom. The van der Waals surface area contributed by atoms with Crippen molar-refractivity contribution in [3.63, 3.8) is 0 Å². The summed E-state index contributed by atoms with van der Waals surface area (Å²) in [6, 6.07) is 2.12. The first-order chi connectivity index (χ1) is 8.52. The molecule has 0 aliphatic carbocycles. The molecule has 1 amide bonds. The third-order valence-corrected chi connectivity index (χ3v) is 2.35. The monoisotopic (exact) mass is 259 g/mol. The Morgan fingerprint density at radius 2 is 2.11 bits per heavy atom. The summed E-state index contributed by atoms with van der Waals surface area (Å²) in [5, 5.41) is 8.70. The fourth-order valence-electron chi connectivity index (χ4n) is 1.44. The molecule has 0 aromatic heterocycles. The molecule has 0 heterocycles. The second-order valence-corrected chi connectivity index (χ2v) is 3.62. The molecule has 1 aromatic rings. The summed E-state index contributed by atoms with van der Waals surface area (Å²) >= 11 is 0. The van der Waals surface area contributed by atoms with Gasteiger partial charge in [0, 0.05) is 13.6 Å². The van der Waals surface area contributed by atoms with Gasteiger partial charge in [0.05, 0.1) is 13.2 Å². The zero-order chi connectivity index (χ0) is 13.7. The van der Waals surface area contributed by atoms with Crippen LogP contribution in [-0.4, -0.2) is 42.7 Å². The molecule has 0 aliphatic heterocycles. The molecule has 1 rings (SSSR count). The van der Waals surface area contributed by atoms with E-state index in [2.05, 4.69) is 0 Å². The van der Waals surface area contributed by atoms with Crippen LogP contribution in [-0.2, 0) is 0 Å². The van der Waals surface area contributed by atoms with Crippen molar-refractivity contribution in [1.29, 1.82) is 0 Å². The average Bonchev–Trinajstić information content (AvgIpc) is 2.33. The number of carbonyl (C=O) groups excluding carboxylic acids is 1. The number of rotatable bonds is 5. The normalized spacial score (nSPS) is 10.3. The molecule has 1 N–H and O–H groups in total. The molecular formula is C12H15F2NO3. The van der Waals surface area contributed by atoms with Gasteiger partial charge in [-0.15, -0.1) is 0 Å². The van der Waals surface area contributed by atoms with Crippen molar-refractivity contribution in [2.24, 2.45) is 0 Å². The van der Waals surface area contributed by atoms with E-state index in [1.807, 2.05) is 0 Å². The van der Waals surface area contributed by atoms with Gasteiger partial charge in [0.15, 0.2) is 11.6 Å². The Bertz CT molecular complexity index is 438. The van der Waals surface area contributed by atoms with E-state index in [-0.39, 0.29) is 25.5 Å². The number of hydrogen-bond donors (Lipinski definition) is 1. The van der Waals surface area contributed by atoms with Crippen LogP contribution in [0.2, 0.25) is 0 Å². The minimum Gasteiger partial charge on any atom is -0.491 e. The second kappa shape index (κ2) is 6.30. The van der Waals surface area contributed by atoms with Gasteiger partial charge in [0.25, 0.3) is 5.91 Å². The lowest BCUT2D eigenvalue weighted by Gasteiger charge is -2.17. The highest BCUT2D eigenvalue weighted by atomic mass is 19.1. The van der Waals surface area contributed by atoms with Gasteiger partial charge in [-0.2, -0.15) is 0 Å². The Kier molecular flexibility index (Phi) is 5.03. The van der Waals surface area contributed by atoms with Crippen LogP contribution >= 0.6 is 0 Å². The van der Waals surface area contributed by atoms with Gasteiger partial charge in [-0.25, -0.2) is 8.78 Å². The van der Waals surface area contributed by atoms with Gasteiger partial charge < -0.3 is 14.7 Å². The number of ether oxygens (including phenoxy) is 1. The molecule has 0 saturated carbocycles. The van der Waals surface area contributed by atoms with Crippen LogP contribution in [0.15, 0.2) is 12.1 Å². The van der Waals surface area contributed by atoms with Gasteiger partial charge in [0.2, 0.25) is 0 Å². The van der Waals surface area contributed by atoms with Crippen LogP contribution in [0.3, 0.4) is 0 Å². The third kappa shape index (κ3) is 2.95. The largest absolute Gasteiger partial charge is 0.491 e. The molecule has 6 heteroatoms. The zero-order valence-electron chi connectivity index (χ0n) is 10.2. The van der Waals surface area contributed by atoms with Crippen LogP contribution in [0.1, 0.15) is 17.3 Å². The first-order valence-corrected chi connectivity index (χ1v) is 5.50. The number of halogens is 2. The maximum Gasteiger partial charge on any atom is 0.259 e. The van der Waals surface area contributed by atoms with Gasteiger partial charge in [-0.1, -0.05) is 0 Å². The molecule has 100 valence electrons. The Morgan fingerprint density at radius 1 is 1.44 bits per heavy atom. The summed E-state index contributed by atoms with van der Waals surface area (Å²) in [7, 11) is 1.35. The van der Waals surface area contributed by atoms with E-state index in [9.17, 15) is 13.6 Å². The molecule has 0 spiro atoms. The smallest absolute Gasteiger partial charge is 0.259 e. The number of aliphatic hydroxyl groups is 1. The maximum atomic E-state index is 13.9. The molecular weight excluding hydrogens is 244 g/mol. The van der Waals surface area contributed by atoms with E-state index in [0.29, 0.717) is 0 Å². The van der Waals surface area contributed by atoms with Crippen LogP contribution in [0.25, 0.3) is 0 Å². The zero-order valence-corrected chi connectivity index (χ0v) is 10.2. The van der Waals surface area contributed by atoms with Crippen molar-refractivity contribution < 1.29 is 23.4 Å². The molecule has 0 bridgehead atoms. The first kappa shape index (κ1) is 14.4. The SMILES string of the molecule is CCOc1ccc(F)c(C(=O)N(C)CCO)c1F. The third-order valence-electron chi connectivity index (χ3n) is 2.35. The predicted octanol–water partition coefficient (Wildman–Crippen LogP) is 1.43. The van der Waals surface area contributed by atoms with E-state index in [1.165, 1.54) is 7.05 Å². The van der Waals surface area contributed by atoms with Crippen LogP contribution < -0.4 is 4.74 Å². The standard InChI is InChI=1S/C12H15F2NO3/c1-3-18-9-5-4-8(13)10(11(9)14)12(17)15(2)6-7-16/h4-5,16H,3,6-7H2,1-2H3. The number of benzene rings is 1. The van der Waals surface area contributed by atoms with Crippen molar-refractivity contribution in [3.05, 3.63) is 29.3 Å². The Hall–Kier alpha value is -1.69. The lowest BCUT2D eigenvalue weighted by Crippen LogP contribution is -2.31. The molecule has 18 heavy (non-hydrogen) atoms. The van der Waals surface area contributed by atoms with Crippen LogP contribution in [0.5, 0.6) is 5.75 Å². The first-order valence-electron chi connectivity index (χ1n) is 5.50. The van der Waals surface area contributed by atoms with Crippen molar-refractivity contribution in [2.45, 2.75) is 6.92 Å². The number of amides is 1. The maximum absolute atomic E-state index is 13.9. The summed E-state index contributed by atoms with van der Waals surface area (Å²) in [5.41, 5.74) is -0.670.